The summed E-state index contributed by atoms with van der Waals surface area (Å²) in [7, 11) is -6.13. The molecule has 1 aliphatic rings. The van der Waals surface area contributed by atoms with Crippen LogP contribution in [0.15, 0.2) is 297 Å². The van der Waals surface area contributed by atoms with E-state index in [-0.39, 0.29) is 21.8 Å². The monoisotopic (exact) mass is 1270 g/mol. The molecule has 0 saturated heterocycles. The Morgan fingerprint density at radius 2 is 0.979 bits per heavy atom. The van der Waals surface area contributed by atoms with Crippen LogP contribution < -0.4 is 30.1 Å². The van der Waals surface area contributed by atoms with Crippen molar-refractivity contribution in [1.29, 1.82) is 0 Å². The van der Waals surface area contributed by atoms with Crippen molar-refractivity contribution in [2.24, 2.45) is 0 Å². The first-order chi connectivity index (χ1) is 53.9. The van der Waals surface area contributed by atoms with Crippen molar-refractivity contribution >= 4 is 61.7 Å². The highest BCUT2D eigenvalue weighted by molar-refractivity contribution is 7.20. The van der Waals surface area contributed by atoms with E-state index in [2.05, 4.69) is 134 Å². The Balaban J connectivity index is 1.05. The summed E-state index contributed by atoms with van der Waals surface area (Å²) in [5, 5.41) is -1.31. The average molecular weight is 1280 g/mol. The Bertz CT molecular complexity index is 6510. The summed E-state index contributed by atoms with van der Waals surface area (Å²) < 4.78 is 188. The van der Waals surface area contributed by atoms with E-state index in [4.69, 9.17) is 13.8 Å². The van der Waals surface area contributed by atoms with Crippen molar-refractivity contribution in [1.82, 2.24) is 14.1 Å². The first-order valence-corrected chi connectivity index (χ1v) is 34.1. The molecule has 5 nitrogen and oxygen atoms in total. The Hall–Kier alpha value is -10.9. The van der Waals surface area contributed by atoms with E-state index in [9.17, 15) is 20.6 Å². The number of nitrogens with zero attached hydrogens (tertiary/aromatic N) is 4. The summed E-state index contributed by atoms with van der Waals surface area (Å²) in [6, 6.07) is 41.9. The lowest BCUT2D eigenvalue weighted by molar-refractivity contribution is -0.570. The lowest BCUT2D eigenvalue weighted by Crippen LogP contribution is -2.74. The number of ether oxygens (including phenoxy) is 1. The molecule has 12 aromatic carbocycles. The van der Waals surface area contributed by atoms with Crippen LogP contribution in [0.25, 0.3) is 106 Å². The topological polar surface area (TPSA) is 35.9 Å². The normalized spacial score (nSPS) is 15.1. The van der Waals surface area contributed by atoms with Gasteiger partial charge in [-0.3, -0.25) is 13.7 Å². The van der Waals surface area contributed by atoms with E-state index < -0.39 is 143 Å². The van der Waals surface area contributed by atoms with Gasteiger partial charge in [0.05, 0.1) is 58.1 Å². The molecule has 0 unspecified atom stereocenters. The van der Waals surface area contributed by atoms with Crippen LogP contribution in [0.5, 0.6) is 11.5 Å². The van der Waals surface area contributed by atoms with Gasteiger partial charge in [-0.1, -0.05) is 292 Å². The second-order valence-corrected chi connectivity index (χ2v) is 31.1. The van der Waals surface area contributed by atoms with E-state index in [0.717, 1.165) is 89.4 Å². The first-order valence-electron chi connectivity index (χ1n) is 41.1. The molecule has 0 bridgehead atoms. The molecule has 0 N–H and O–H groups in total. The third kappa shape index (κ3) is 10.3. The Labute approximate surface area is 590 Å². The number of pyridine rings is 1. The molecule has 0 aliphatic carbocycles. The molecular weight excluding hydrogens is 1180 g/mol. The Morgan fingerprint density at radius 3 is 1.67 bits per heavy atom. The SMILES string of the molecule is [2H]c1cc([2H])c([Si](c2c([2H])c([2H])c([2H])c([2H])c2[2H])(c2c([2H])c([2H])c([2H])c([2H])c2[2H])c2c([2H])c([2H])c([2H])c(-c3cc4c5c(c3)n(-c3cccc(Oc6ccc7c8ccccc8n(-c8cc(C(C)(C)C)ccn8)c7c6)c3)[c-][n+]5-c3c(-c5cc(C(C)(C)C)cc(C(C)(C)C)c5)cccc3-c3ccccc3-c3ccccc3-4)c2[2H])c([2H])c1[2H]. The maximum atomic E-state index is 11.1. The number of rotatable bonds is 10. The molecular formula is C90H76N4OSi. The molecule has 3 aromatic heterocycles. The van der Waals surface area contributed by atoms with Crippen LogP contribution in [0.3, 0.4) is 0 Å². The molecule has 0 fully saturated rings. The fraction of sp³-hybridized carbons (Fsp3) is 0.133. The van der Waals surface area contributed by atoms with Crippen LogP contribution in [-0.2, 0) is 16.2 Å². The van der Waals surface area contributed by atoms with Gasteiger partial charge in [0.15, 0.2) is 8.07 Å². The van der Waals surface area contributed by atoms with Crippen molar-refractivity contribution in [3.63, 3.8) is 0 Å². The van der Waals surface area contributed by atoms with E-state index >= 15 is 0 Å². The molecule has 0 radical (unpaired) electrons. The molecule has 4 heterocycles. The molecule has 6 heteroatoms. The molecule has 0 atom stereocenters. The van der Waals surface area contributed by atoms with Gasteiger partial charge in [0.25, 0.3) is 6.33 Å². The molecule has 15 aromatic rings. The van der Waals surface area contributed by atoms with Crippen molar-refractivity contribution in [2.75, 3.05) is 0 Å². The number of hydrogen-bond acceptors (Lipinski definition) is 2. The van der Waals surface area contributed by atoms with E-state index in [1.807, 2.05) is 118 Å². The van der Waals surface area contributed by atoms with Gasteiger partial charge in [-0.15, -0.1) is 0 Å². The number of hydrogen-bond donors (Lipinski definition) is 0. The van der Waals surface area contributed by atoms with Gasteiger partial charge in [0.2, 0.25) is 0 Å². The predicted octanol–water partition coefficient (Wildman–Crippen LogP) is 19.9. The largest absolute Gasteiger partial charge is 0.458 e. The van der Waals surface area contributed by atoms with Gasteiger partial charge in [-0.05, 0) is 164 Å². The zero-order valence-electron chi connectivity index (χ0n) is 72.6. The number of benzene rings is 12. The molecule has 0 spiro atoms. The minimum atomic E-state index is -6.13. The van der Waals surface area contributed by atoms with Crippen LogP contribution in [0, 0.1) is 6.33 Å². The highest BCUT2D eigenvalue weighted by Gasteiger charge is 2.42. The summed E-state index contributed by atoms with van der Waals surface area (Å²) >= 11 is 0. The van der Waals surface area contributed by atoms with Gasteiger partial charge >= 0.3 is 0 Å². The number of imidazole rings is 1. The van der Waals surface area contributed by atoms with E-state index in [1.165, 1.54) is 0 Å². The second-order valence-electron chi connectivity index (χ2n) is 27.6. The quantitative estimate of drug-likeness (QED) is 0.0592. The molecule has 1 aliphatic heterocycles. The van der Waals surface area contributed by atoms with Crippen LogP contribution in [0.1, 0.15) is 104 Å². The molecule has 16 rings (SSSR count). The lowest BCUT2D eigenvalue weighted by atomic mass is 9.78. The Morgan fingerprint density at radius 1 is 0.406 bits per heavy atom. The van der Waals surface area contributed by atoms with E-state index in [0.29, 0.717) is 39.3 Å². The Kier molecular flexibility index (Phi) is 10.4. The third-order valence-corrected chi connectivity index (χ3v) is 22.5. The predicted molar refractivity (Wildman–Crippen MR) is 403 cm³/mol. The van der Waals surface area contributed by atoms with Gasteiger partial charge in [-0.2, -0.15) is 0 Å². The lowest BCUT2D eigenvalue weighted by Gasteiger charge is -2.34. The van der Waals surface area contributed by atoms with Gasteiger partial charge in [0, 0.05) is 23.0 Å². The maximum Gasteiger partial charge on any atom is 0.269 e. The fourth-order valence-electron chi connectivity index (χ4n) is 13.6. The van der Waals surface area contributed by atoms with Crippen molar-refractivity contribution in [3.05, 3.63) is 320 Å². The van der Waals surface area contributed by atoms with Gasteiger partial charge < -0.3 is 4.74 Å². The summed E-state index contributed by atoms with van der Waals surface area (Å²) in [5.41, 5.74) is 12.2. The number of para-hydroxylation sites is 2. The minimum Gasteiger partial charge on any atom is -0.458 e. The van der Waals surface area contributed by atoms with Crippen molar-refractivity contribution < 1.29 is 34.0 Å². The molecule has 0 amide bonds. The smallest absolute Gasteiger partial charge is 0.269 e. The molecule has 96 heavy (non-hydrogen) atoms. The summed E-state index contributed by atoms with van der Waals surface area (Å²) in [5.74, 6) is 1.64. The van der Waals surface area contributed by atoms with Crippen LogP contribution in [0.2, 0.25) is 0 Å². The zero-order chi connectivity index (χ0) is 81.3. The van der Waals surface area contributed by atoms with Gasteiger partial charge in [0.1, 0.15) is 17.3 Å². The van der Waals surface area contributed by atoms with Crippen LogP contribution in [-0.4, -0.2) is 22.2 Å². The van der Waals surface area contributed by atoms with Crippen LogP contribution >= 0.6 is 0 Å². The van der Waals surface area contributed by atoms with E-state index in [1.54, 1.807) is 12.1 Å². The highest BCUT2D eigenvalue weighted by atomic mass is 28.3. The molecule has 466 valence electrons. The van der Waals surface area contributed by atoms with Crippen molar-refractivity contribution in [3.8, 4) is 84.3 Å². The molecule has 0 saturated carbocycles. The van der Waals surface area contributed by atoms with Gasteiger partial charge in [-0.25, -0.2) is 4.98 Å². The standard InChI is InChI=1S/C90H76N4OSi/c1-88(2,3)63-48-49-91-85(56-63)94-82-45-24-23-42-78(82)79-47-46-68(58-83(79)94)95-67-30-26-29-66(57-67)92-59-93-86-73(62-50-64(89(4,5)6)55-65(51-62)90(7,8)9)43-27-44-80(86)76-40-21-19-38-74(76)75-39-20-22-41-77(75)81-53-61(54-84(92)87(81)93)60-28-25-37-72(52-60)96(69-31-13-10-14-32-69,70-33-15-11-16-34-70)71-35-17-12-18-36-71/h10-58H,1-9H3/i10D,11D,12D,13D,14D,15D,16D,17D,25D,28D,31D,32D,33D,34D,35D,36D,37D,52D. The fourth-order valence-corrected chi connectivity index (χ4v) is 17.2. The average Bonchev–Trinajstić information content (AvgIpc) is 0.891. The highest BCUT2D eigenvalue weighted by Crippen LogP contribution is 2.47. The first kappa shape index (κ1) is 43.1. The van der Waals surface area contributed by atoms with Crippen LogP contribution in [0.4, 0.5) is 0 Å². The summed E-state index contributed by atoms with van der Waals surface area (Å²) in [4.78, 5) is 4.93. The maximum absolute atomic E-state index is 11.1. The number of fused-ring (bicyclic) bond motifs is 10. The summed E-state index contributed by atoms with van der Waals surface area (Å²) in [6.45, 7) is 19.6. The van der Waals surface area contributed by atoms with Crippen molar-refractivity contribution in [2.45, 2.75) is 78.6 Å². The summed E-state index contributed by atoms with van der Waals surface area (Å²) in [6.07, 6.45) is 5.72. The number of aromatic nitrogens is 4. The zero-order valence-corrected chi connectivity index (χ0v) is 55.6. The second kappa shape index (κ2) is 23.2. The minimum absolute atomic E-state index is 0.0224. The third-order valence-electron chi connectivity index (χ3n) is 18.5.